The number of hydrogen-bond donors (Lipinski definition) is 1. The average Bonchev–Trinajstić information content (AvgIpc) is 2.44. The zero-order valence-corrected chi connectivity index (χ0v) is 12.2. The molecule has 1 N–H and O–H groups in total. The van der Waals surface area contributed by atoms with Crippen LogP contribution in [0.15, 0.2) is 18.2 Å². The van der Waals surface area contributed by atoms with Gasteiger partial charge in [0.2, 0.25) is 0 Å². The number of nitrogens with zero attached hydrogens (tertiary/aromatic N) is 1. The Morgan fingerprint density at radius 1 is 1.20 bits per heavy atom. The highest BCUT2D eigenvalue weighted by Gasteiger charge is 2.13. The maximum absolute atomic E-state index is 13.5. The van der Waals surface area contributed by atoms with Crippen molar-refractivity contribution in [2.24, 2.45) is 5.92 Å². The molecule has 0 aliphatic carbocycles. The van der Waals surface area contributed by atoms with Crippen LogP contribution in [-0.2, 0) is 6.54 Å². The maximum atomic E-state index is 13.5. The zero-order chi connectivity index (χ0) is 14.4. The van der Waals surface area contributed by atoms with Crippen molar-refractivity contribution in [2.75, 3.05) is 26.2 Å². The molecule has 112 valence electrons. The Hall–Kier alpha value is -1.00. The molecular formula is C16H24F2N2. The third kappa shape index (κ3) is 4.84. The molecule has 4 heteroatoms. The summed E-state index contributed by atoms with van der Waals surface area (Å²) in [4.78, 5) is 2.50. The zero-order valence-electron chi connectivity index (χ0n) is 12.2. The van der Waals surface area contributed by atoms with Gasteiger partial charge in [0.15, 0.2) is 0 Å². The summed E-state index contributed by atoms with van der Waals surface area (Å²) >= 11 is 0. The van der Waals surface area contributed by atoms with Gasteiger partial charge in [-0.2, -0.15) is 0 Å². The molecule has 2 nitrogen and oxygen atoms in total. The molecule has 20 heavy (non-hydrogen) atoms. The fourth-order valence-electron chi connectivity index (χ4n) is 2.78. The van der Waals surface area contributed by atoms with Crippen molar-refractivity contribution in [3.8, 4) is 0 Å². The molecule has 1 atom stereocenters. The van der Waals surface area contributed by atoms with E-state index in [-0.39, 0.29) is 11.6 Å². The molecular weight excluding hydrogens is 258 g/mol. The largest absolute Gasteiger partial charge is 0.312 e. The first kappa shape index (κ1) is 15.4. The van der Waals surface area contributed by atoms with Crippen molar-refractivity contribution >= 4 is 0 Å². The lowest BCUT2D eigenvalue weighted by Gasteiger charge is -2.29. The second kappa shape index (κ2) is 7.70. The second-order valence-corrected chi connectivity index (χ2v) is 5.83. The summed E-state index contributed by atoms with van der Waals surface area (Å²) in [6.45, 7) is 6.88. The van der Waals surface area contributed by atoms with Crippen LogP contribution in [0.25, 0.3) is 0 Å². The van der Waals surface area contributed by atoms with Crippen LogP contribution in [0.4, 0.5) is 8.78 Å². The lowest BCUT2D eigenvalue weighted by atomic mass is 10.1. The van der Waals surface area contributed by atoms with Crippen LogP contribution in [-0.4, -0.2) is 31.1 Å². The summed E-state index contributed by atoms with van der Waals surface area (Å²) in [5.41, 5.74) is 0.398. The van der Waals surface area contributed by atoms with Gasteiger partial charge in [-0.3, -0.25) is 0 Å². The Morgan fingerprint density at radius 3 is 2.70 bits per heavy atom. The first-order valence-corrected chi connectivity index (χ1v) is 7.52. The Balaban J connectivity index is 1.70. The molecule has 1 heterocycles. The molecule has 0 radical (unpaired) electrons. The molecule has 0 amide bonds. The lowest BCUT2D eigenvalue weighted by molar-refractivity contribution is 0.199. The van der Waals surface area contributed by atoms with Crippen molar-refractivity contribution in [1.82, 2.24) is 10.2 Å². The van der Waals surface area contributed by atoms with Gasteiger partial charge in [-0.05, 0) is 56.6 Å². The third-order valence-corrected chi connectivity index (χ3v) is 3.83. The molecule has 0 saturated carbocycles. The Morgan fingerprint density at radius 2 is 1.95 bits per heavy atom. The number of benzene rings is 1. The second-order valence-electron chi connectivity index (χ2n) is 5.83. The molecule has 1 aromatic rings. The molecule has 1 aliphatic heterocycles. The SMILES string of the molecule is CC(CNCc1cc(F)ccc1F)CN1CCCCC1. The minimum atomic E-state index is -0.385. The third-order valence-electron chi connectivity index (χ3n) is 3.83. The number of likely N-dealkylation sites (tertiary alicyclic amines) is 1. The Bertz CT molecular complexity index is 417. The summed E-state index contributed by atoms with van der Waals surface area (Å²) in [5, 5.41) is 3.23. The maximum Gasteiger partial charge on any atom is 0.127 e. The number of nitrogens with one attached hydrogen (secondary N) is 1. The van der Waals surface area contributed by atoms with Crippen LogP contribution in [0.1, 0.15) is 31.7 Å². The van der Waals surface area contributed by atoms with E-state index in [0.29, 0.717) is 18.0 Å². The fraction of sp³-hybridized carbons (Fsp3) is 0.625. The minimum absolute atomic E-state index is 0.345. The van der Waals surface area contributed by atoms with Crippen LogP contribution >= 0.6 is 0 Å². The van der Waals surface area contributed by atoms with Gasteiger partial charge in [0.1, 0.15) is 11.6 Å². The van der Waals surface area contributed by atoms with Crippen LogP contribution in [0.2, 0.25) is 0 Å². The number of piperidine rings is 1. The van der Waals surface area contributed by atoms with E-state index >= 15 is 0 Å². The van der Waals surface area contributed by atoms with Crippen LogP contribution in [0.5, 0.6) is 0 Å². The van der Waals surface area contributed by atoms with E-state index in [0.717, 1.165) is 19.2 Å². The van der Waals surface area contributed by atoms with Gasteiger partial charge in [0, 0.05) is 18.7 Å². The van der Waals surface area contributed by atoms with Gasteiger partial charge >= 0.3 is 0 Å². The van der Waals surface area contributed by atoms with Gasteiger partial charge in [-0.1, -0.05) is 13.3 Å². The first-order chi connectivity index (χ1) is 9.65. The first-order valence-electron chi connectivity index (χ1n) is 7.52. The van der Waals surface area contributed by atoms with Crippen molar-refractivity contribution in [1.29, 1.82) is 0 Å². The molecule has 0 spiro atoms. The van der Waals surface area contributed by atoms with E-state index in [1.165, 1.54) is 44.5 Å². The molecule has 0 bridgehead atoms. The van der Waals surface area contributed by atoms with E-state index in [1.807, 2.05) is 0 Å². The highest BCUT2D eigenvalue weighted by atomic mass is 19.1. The van der Waals surface area contributed by atoms with Crippen molar-refractivity contribution in [3.05, 3.63) is 35.4 Å². The van der Waals surface area contributed by atoms with E-state index < -0.39 is 0 Å². The van der Waals surface area contributed by atoms with Gasteiger partial charge < -0.3 is 10.2 Å². The topological polar surface area (TPSA) is 15.3 Å². The highest BCUT2D eigenvalue weighted by Crippen LogP contribution is 2.11. The number of hydrogen-bond acceptors (Lipinski definition) is 2. The normalized spacial score (nSPS) is 18.1. The smallest absolute Gasteiger partial charge is 0.127 e. The van der Waals surface area contributed by atoms with Gasteiger partial charge in [-0.15, -0.1) is 0 Å². The van der Waals surface area contributed by atoms with Crippen LogP contribution < -0.4 is 5.32 Å². The number of halogens is 2. The molecule has 1 aromatic carbocycles. The summed E-state index contributed by atoms with van der Waals surface area (Å²) in [6.07, 6.45) is 3.95. The van der Waals surface area contributed by atoms with E-state index in [2.05, 4.69) is 17.1 Å². The molecule has 1 fully saturated rings. The Kier molecular flexibility index (Phi) is 5.92. The molecule has 0 aromatic heterocycles. The Labute approximate surface area is 120 Å². The van der Waals surface area contributed by atoms with Gasteiger partial charge in [0.05, 0.1) is 0 Å². The van der Waals surface area contributed by atoms with Gasteiger partial charge in [-0.25, -0.2) is 8.78 Å². The van der Waals surface area contributed by atoms with E-state index in [4.69, 9.17) is 0 Å². The quantitative estimate of drug-likeness (QED) is 0.862. The molecule has 1 saturated heterocycles. The molecule has 1 aliphatic rings. The van der Waals surface area contributed by atoms with Crippen LogP contribution in [0.3, 0.4) is 0 Å². The predicted octanol–water partition coefficient (Wildman–Crippen LogP) is 3.18. The van der Waals surface area contributed by atoms with Crippen LogP contribution in [0, 0.1) is 17.6 Å². The van der Waals surface area contributed by atoms with Gasteiger partial charge in [0.25, 0.3) is 0 Å². The standard InChI is InChI=1S/C16H24F2N2/c1-13(12-20-7-3-2-4-8-20)10-19-11-14-9-15(17)5-6-16(14)18/h5-6,9,13,19H,2-4,7-8,10-12H2,1H3. The van der Waals surface area contributed by atoms with Crippen molar-refractivity contribution in [3.63, 3.8) is 0 Å². The monoisotopic (exact) mass is 282 g/mol. The highest BCUT2D eigenvalue weighted by molar-refractivity contribution is 5.18. The molecule has 1 unspecified atom stereocenters. The summed E-state index contributed by atoms with van der Waals surface area (Å²) in [5.74, 6) is -0.211. The minimum Gasteiger partial charge on any atom is -0.312 e. The fourth-order valence-corrected chi connectivity index (χ4v) is 2.78. The molecule has 2 rings (SSSR count). The summed E-state index contributed by atoms with van der Waals surface area (Å²) in [7, 11) is 0. The van der Waals surface area contributed by atoms with E-state index in [9.17, 15) is 8.78 Å². The van der Waals surface area contributed by atoms with Crippen molar-refractivity contribution < 1.29 is 8.78 Å². The predicted molar refractivity (Wildman–Crippen MR) is 77.5 cm³/mol. The summed E-state index contributed by atoms with van der Waals surface area (Å²) < 4.78 is 26.5. The summed E-state index contributed by atoms with van der Waals surface area (Å²) in [6, 6.07) is 3.60. The van der Waals surface area contributed by atoms with E-state index in [1.54, 1.807) is 0 Å². The number of rotatable bonds is 6. The average molecular weight is 282 g/mol. The lowest BCUT2D eigenvalue weighted by Crippen LogP contribution is -2.36. The van der Waals surface area contributed by atoms with Crippen molar-refractivity contribution in [2.45, 2.75) is 32.7 Å².